The van der Waals surface area contributed by atoms with Crippen LogP contribution in [0.1, 0.15) is 27.7 Å². The van der Waals surface area contributed by atoms with Crippen molar-refractivity contribution in [2.45, 2.75) is 6.04 Å². The molecule has 0 fully saturated rings. The van der Waals surface area contributed by atoms with Crippen molar-refractivity contribution in [2.24, 2.45) is 5.73 Å². The van der Waals surface area contributed by atoms with E-state index in [1.165, 1.54) is 6.07 Å². The molecule has 1 heterocycles. The zero-order valence-corrected chi connectivity index (χ0v) is 14.5. The second kappa shape index (κ2) is 8.62. The van der Waals surface area contributed by atoms with Crippen LogP contribution in [0, 0.1) is 0 Å². The molecule has 6 heteroatoms. The first-order chi connectivity index (χ1) is 13.1. The molecular formula is C21H19N3O3. The molecule has 0 saturated heterocycles. The number of amides is 2. The molecule has 6 nitrogen and oxygen atoms in total. The lowest BCUT2D eigenvalue weighted by molar-refractivity contribution is -0.123. The number of pyridine rings is 1. The Morgan fingerprint density at radius 3 is 2.48 bits per heavy atom. The molecule has 1 aromatic heterocycles. The fourth-order valence-corrected chi connectivity index (χ4v) is 2.61. The quantitative estimate of drug-likeness (QED) is 0.676. The molecule has 2 aromatic carbocycles. The maximum Gasteiger partial charge on any atom is 0.258 e. The molecule has 3 N–H and O–H groups in total. The summed E-state index contributed by atoms with van der Waals surface area (Å²) in [5, 5.41) is 2.94. The third kappa shape index (κ3) is 4.92. The Morgan fingerprint density at radius 1 is 1.00 bits per heavy atom. The predicted octanol–water partition coefficient (Wildman–Crippen LogP) is 2.47. The van der Waals surface area contributed by atoms with Gasteiger partial charge in [0.25, 0.3) is 5.91 Å². The lowest BCUT2D eigenvalue weighted by atomic mass is 10.0. The van der Waals surface area contributed by atoms with Gasteiger partial charge in [-0.3, -0.25) is 14.6 Å². The molecule has 27 heavy (non-hydrogen) atoms. The predicted molar refractivity (Wildman–Crippen MR) is 101 cm³/mol. The van der Waals surface area contributed by atoms with Crippen LogP contribution in [0.3, 0.4) is 0 Å². The Morgan fingerprint density at radius 2 is 1.78 bits per heavy atom. The van der Waals surface area contributed by atoms with E-state index in [2.05, 4.69) is 10.3 Å². The minimum absolute atomic E-state index is 0.196. The summed E-state index contributed by atoms with van der Waals surface area (Å²) in [5.41, 5.74) is 7.22. The van der Waals surface area contributed by atoms with Gasteiger partial charge in [-0.05, 0) is 35.9 Å². The fourth-order valence-electron chi connectivity index (χ4n) is 2.61. The number of hydrogen-bond acceptors (Lipinski definition) is 4. The van der Waals surface area contributed by atoms with Crippen LogP contribution in [-0.2, 0) is 4.79 Å². The highest BCUT2D eigenvalue weighted by Gasteiger charge is 2.18. The molecule has 0 saturated carbocycles. The topological polar surface area (TPSA) is 94.3 Å². The van der Waals surface area contributed by atoms with Crippen LogP contribution < -0.4 is 15.8 Å². The lowest BCUT2D eigenvalue weighted by Crippen LogP contribution is -2.33. The van der Waals surface area contributed by atoms with Gasteiger partial charge in [-0.15, -0.1) is 0 Å². The van der Waals surface area contributed by atoms with Crippen molar-refractivity contribution >= 4 is 11.8 Å². The van der Waals surface area contributed by atoms with Gasteiger partial charge in [-0.2, -0.15) is 0 Å². The summed E-state index contributed by atoms with van der Waals surface area (Å²) in [4.78, 5) is 28.0. The molecule has 0 aliphatic rings. The second-order valence-electron chi connectivity index (χ2n) is 5.85. The third-order valence-electron chi connectivity index (χ3n) is 3.91. The molecule has 0 spiro atoms. The van der Waals surface area contributed by atoms with E-state index in [0.717, 1.165) is 11.3 Å². The van der Waals surface area contributed by atoms with Crippen LogP contribution in [0.15, 0.2) is 79.0 Å². The van der Waals surface area contributed by atoms with E-state index in [1.807, 2.05) is 48.5 Å². The van der Waals surface area contributed by atoms with E-state index < -0.39 is 5.91 Å². The van der Waals surface area contributed by atoms with Crippen LogP contribution >= 0.6 is 0 Å². The van der Waals surface area contributed by atoms with Crippen LogP contribution in [0.4, 0.5) is 0 Å². The Kier molecular flexibility index (Phi) is 5.79. The monoisotopic (exact) mass is 361 g/mol. The van der Waals surface area contributed by atoms with Gasteiger partial charge in [0.05, 0.1) is 11.7 Å². The number of hydrogen-bond donors (Lipinski definition) is 2. The highest BCUT2D eigenvalue weighted by Crippen LogP contribution is 2.20. The molecule has 0 radical (unpaired) electrons. The largest absolute Gasteiger partial charge is 0.484 e. The first-order valence-corrected chi connectivity index (χ1v) is 8.41. The van der Waals surface area contributed by atoms with Gasteiger partial charge in [0.15, 0.2) is 6.61 Å². The molecule has 136 valence electrons. The summed E-state index contributed by atoms with van der Waals surface area (Å²) in [6, 6.07) is 21.1. The Labute approximate surface area is 157 Å². The molecule has 1 atom stereocenters. The number of carbonyl (C=O) groups is 2. The van der Waals surface area contributed by atoms with E-state index in [0.29, 0.717) is 11.3 Å². The Hall–Kier alpha value is -3.67. The molecule has 0 bridgehead atoms. The van der Waals surface area contributed by atoms with Crippen LogP contribution in [0.5, 0.6) is 5.75 Å². The zero-order valence-electron chi connectivity index (χ0n) is 14.5. The van der Waals surface area contributed by atoms with Gasteiger partial charge in [-0.25, -0.2) is 0 Å². The van der Waals surface area contributed by atoms with Crippen LogP contribution in [0.25, 0.3) is 0 Å². The number of nitrogens with zero attached hydrogens (tertiary/aromatic N) is 1. The number of rotatable bonds is 7. The summed E-state index contributed by atoms with van der Waals surface area (Å²) >= 11 is 0. The van der Waals surface area contributed by atoms with Crippen molar-refractivity contribution in [3.63, 3.8) is 0 Å². The summed E-state index contributed by atoms with van der Waals surface area (Å²) in [5.74, 6) is -0.460. The molecule has 3 rings (SSSR count). The molecule has 3 aromatic rings. The van der Waals surface area contributed by atoms with Crippen molar-refractivity contribution in [3.8, 4) is 5.75 Å². The van der Waals surface area contributed by atoms with Gasteiger partial charge in [0, 0.05) is 11.8 Å². The number of primary amides is 1. The normalized spacial score (nSPS) is 11.4. The SMILES string of the molecule is NC(=O)c1cccc(OCC(=O)NC(c2ccccc2)c2ccccn2)c1. The average Bonchev–Trinajstić information content (AvgIpc) is 2.72. The minimum Gasteiger partial charge on any atom is -0.484 e. The lowest BCUT2D eigenvalue weighted by Gasteiger charge is -2.19. The number of nitrogens with one attached hydrogen (secondary N) is 1. The zero-order chi connectivity index (χ0) is 19.1. The maximum atomic E-state index is 12.4. The van der Waals surface area contributed by atoms with Crippen molar-refractivity contribution < 1.29 is 14.3 Å². The number of benzene rings is 2. The minimum atomic E-state index is -0.552. The van der Waals surface area contributed by atoms with E-state index in [1.54, 1.807) is 24.4 Å². The number of carbonyl (C=O) groups excluding carboxylic acids is 2. The molecule has 0 aliphatic carbocycles. The van der Waals surface area contributed by atoms with Crippen LogP contribution in [0.2, 0.25) is 0 Å². The maximum absolute atomic E-state index is 12.4. The average molecular weight is 361 g/mol. The molecule has 1 unspecified atom stereocenters. The fraction of sp³-hybridized carbons (Fsp3) is 0.0952. The Balaban J connectivity index is 1.70. The highest BCUT2D eigenvalue weighted by molar-refractivity contribution is 5.93. The smallest absolute Gasteiger partial charge is 0.258 e. The second-order valence-corrected chi connectivity index (χ2v) is 5.85. The number of nitrogens with two attached hydrogens (primary N) is 1. The summed E-state index contributed by atoms with van der Waals surface area (Å²) < 4.78 is 5.49. The molecular weight excluding hydrogens is 342 g/mol. The summed E-state index contributed by atoms with van der Waals surface area (Å²) in [7, 11) is 0. The van der Waals surface area contributed by atoms with Crippen molar-refractivity contribution in [2.75, 3.05) is 6.61 Å². The Bertz CT molecular complexity index is 875. The molecule has 0 aliphatic heterocycles. The number of ether oxygens (including phenoxy) is 1. The van der Waals surface area contributed by atoms with E-state index >= 15 is 0 Å². The first-order valence-electron chi connectivity index (χ1n) is 8.41. The third-order valence-corrected chi connectivity index (χ3v) is 3.91. The summed E-state index contributed by atoms with van der Waals surface area (Å²) in [6.45, 7) is -0.196. The van der Waals surface area contributed by atoms with Gasteiger partial charge in [-0.1, -0.05) is 42.5 Å². The highest BCUT2D eigenvalue weighted by atomic mass is 16.5. The van der Waals surface area contributed by atoms with Gasteiger partial charge in [0.2, 0.25) is 5.91 Å². The van der Waals surface area contributed by atoms with Crippen molar-refractivity contribution in [1.29, 1.82) is 0 Å². The van der Waals surface area contributed by atoms with E-state index in [9.17, 15) is 9.59 Å². The van der Waals surface area contributed by atoms with Gasteiger partial charge in [0.1, 0.15) is 5.75 Å². The van der Waals surface area contributed by atoms with Crippen LogP contribution in [-0.4, -0.2) is 23.4 Å². The van der Waals surface area contributed by atoms with E-state index in [4.69, 9.17) is 10.5 Å². The van der Waals surface area contributed by atoms with Gasteiger partial charge < -0.3 is 15.8 Å². The van der Waals surface area contributed by atoms with Crippen molar-refractivity contribution in [3.05, 3.63) is 95.8 Å². The van der Waals surface area contributed by atoms with E-state index in [-0.39, 0.29) is 18.6 Å². The first kappa shape index (κ1) is 18.1. The molecule has 2 amide bonds. The van der Waals surface area contributed by atoms with Crippen molar-refractivity contribution in [1.82, 2.24) is 10.3 Å². The summed E-state index contributed by atoms with van der Waals surface area (Å²) in [6.07, 6.45) is 1.68. The van der Waals surface area contributed by atoms with Gasteiger partial charge >= 0.3 is 0 Å². The standard InChI is InChI=1S/C21H19N3O3/c22-21(26)16-9-6-10-17(13-16)27-14-19(25)24-20(15-7-2-1-3-8-15)18-11-4-5-12-23-18/h1-13,20H,14H2,(H2,22,26)(H,24,25). The number of aromatic nitrogens is 1.